The predicted octanol–water partition coefficient (Wildman–Crippen LogP) is -1.98. The molecule has 0 aromatic heterocycles. The maximum Gasteiger partial charge on any atom is 0.316 e. The van der Waals surface area contributed by atoms with Crippen LogP contribution in [0.4, 0.5) is 0 Å². The summed E-state index contributed by atoms with van der Waals surface area (Å²) in [5, 5.41) is 26.5. The van der Waals surface area contributed by atoms with E-state index in [4.69, 9.17) is 19.9 Å². The van der Waals surface area contributed by atoms with Crippen molar-refractivity contribution >= 4 is 10.1 Å². The number of nitrogens with zero attached hydrogens (tertiary/aromatic N) is 1. The highest BCUT2D eigenvalue weighted by molar-refractivity contribution is 7.85. The van der Waals surface area contributed by atoms with Crippen LogP contribution in [0.1, 0.15) is 6.42 Å². The van der Waals surface area contributed by atoms with Crippen LogP contribution in [-0.4, -0.2) is 78.1 Å². The Bertz CT molecular complexity index is 272. The average Bonchev–Trinajstić information content (AvgIpc) is 2.13. The van der Waals surface area contributed by atoms with Crippen molar-refractivity contribution in [1.82, 2.24) is 0 Å². The Morgan fingerprint density at radius 3 is 1.69 bits per heavy atom. The number of aliphatic hydroxyl groups excluding tert-OH is 3. The number of hydrogen-bond donors (Lipinski definition) is 4. The van der Waals surface area contributed by atoms with Gasteiger partial charge in [0.15, 0.2) is 0 Å². The molecule has 0 aromatic rings. The monoisotopic (exact) mass is 258 g/mol. The smallest absolute Gasteiger partial charge is 0.316 e. The molecule has 0 saturated heterocycles. The van der Waals surface area contributed by atoms with Gasteiger partial charge in [0, 0.05) is 13.0 Å². The summed E-state index contributed by atoms with van der Waals surface area (Å²) in [5.41, 5.74) is 0. The van der Waals surface area contributed by atoms with Crippen LogP contribution < -0.4 is 0 Å². The van der Waals surface area contributed by atoms with Gasteiger partial charge in [-0.3, -0.25) is 4.55 Å². The molecule has 16 heavy (non-hydrogen) atoms. The van der Waals surface area contributed by atoms with Crippen LogP contribution in [0.3, 0.4) is 0 Å². The van der Waals surface area contributed by atoms with E-state index in [1.165, 1.54) is 0 Å². The number of hydrogen-bond acceptors (Lipinski definition) is 5. The van der Waals surface area contributed by atoms with E-state index in [-0.39, 0.29) is 43.9 Å². The standard InChI is InChI=1S/C8H19NO6S/c10-5-1-2-9(3-6-11,4-7-12)8-16(13,14)15/h10-12H,1-8H2/p+1. The first-order valence-corrected chi connectivity index (χ1v) is 6.63. The first-order valence-electron chi connectivity index (χ1n) is 5.02. The Kier molecular flexibility index (Phi) is 7.04. The van der Waals surface area contributed by atoms with Crippen LogP contribution in [0.15, 0.2) is 0 Å². The fourth-order valence-corrected chi connectivity index (χ4v) is 2.78. The number of aliphatic hydroxyl groups is 3. The molecule has 0 unspecified atom stereocenters. The molecule has 0 rings (SSSR count). The minimum absolute atomic E-state index is 0.109. The molecule has 0 fully saturated rings. The second kappa shape index (κ2) is 7.15. The van der Waals surface area contributed by atoms with E-state index in [0.717, 1.165) is 0 Å². The third-order valence-electron chi connectivity index (χ3n) is 2.38. The van der Waals surface area contributed by atoms with Crippen LogP contribution >= 0.6 is 0 Å². The minimum Gasteiger partial charge on any atom is -0.396 e. The summed E-state index contributed by atoms with van der Waals surface area (Å²) in [6.07, 6.45) is 0.343. The summed E-state index contributed by atoms with van der Waals surface area (Å²) in [4.78, 5) is 0. The van der Waals surface area contributed by atoms with Crippen molar-refractivity contribution in [3.8, 4) is 0 Å². The Labute approximate surface area is 95.3 Å². The van der Waals surface area contributed by atoms with Crippen LogP contribution in [0, 0.1) is 0 Å². The van der Waals surface area contributed by atoms with Gasteiger partial charge in [0.2, 0.25) is 5.88 Å². The van der Waals surface area contributed by atoms with E-state index >= 15 is 0 Å². The van der Waals surface area contributed by atoms with Gasteiger partial charge >= 0.3 is 10.1 Å². The van der Waals surface area contributed by atoms with Gasteiger partial charge in [0.05, 0.1) is 19.8 Å². The van der Waals surface area contributed by atoms with Crippen molar-refractivity contribution < 1.29 is 32.8 Å². The molecular formula is C8H20NO6S+. The molecule has 0 aliphatic carbocycles. The molecule has 0 heterocycles. The third kappa shape index (κ3) is 6.36. The highest BCUT2D eigenvalue weighted by Gasteiger charge is 2.31. The minimum atomic E-state index is -4.19. The molecule has 0 aromatic carbocycles. The fraction of sp³-hybridized carbons (Fsp3) is 1.00. The Morgan fingerprint density at radius 1 is 0.875 bits per heavy atom. The topological polar surface area (TPSA) is 115 Å². The molecule has 0 spiro atoms. The molecule has 98 valence electrons. The normalized spacial score (nSPS) is 13.0. The van der Waals surface area contributed by atoms with E-state index in [0.29, 0.717) is 6.42 Å². The average molecular weight is 258 g/mol. The maximum absolute atomic E-state index is 10.9. The van der Waals surface area contributed by atoms with Crippen LogP contribution in [0.5, 0.6) is 0 Å². The molecule has 0 atom stereocenters. The summed E-state index contributed by atoms with van der Waals surface area (Å²) < 4.78 is 30.4. The SMILES string of the molecule is O=S(=O)(O)C[N+](CCO)(CCO)CCCO. The van der Waals surface area contributed by atoms with Crippen molar-refractivity contribution in [3.05, 3.63) is 0 Å². The lowest BCUT2D eigenvalue weighted by Gasteiger charge is -2.36. The Hall–Kier alpha value is -0.250. The number of quaternary nitrogens is 1. The predicted molar refractivity (Wildman–Crippen MR) is 57.2 cm³/mol. The van der Waals surface area contributed by atoms with Crippen LogP contribution in [0.25, 0.3) is 0 Å². The van der Waals surface area contributed by atoms with Gasteiger partial charge in [0.1, 0.15) is 13.1 Å². The van der Waals surface area contributed by atoms with Gasteiger partial charge in [-0.25, -0.2) is 0 Å². The summed E-state index contributed by atoms with van der Waals surface area (Å²) in [6.45, 7) is -0.109. The number of rotatable bonds is 9. The molecule has 7 nitrogen and oxygen atoms in total. The van der Waals surface area contributed by atoms with Gasteiger partial charge in [-0.2, -0.15) is 8.42 Å². The zero-order chi connectivity index (χ0) is 12.7. The van der Waals surface area contributed by atoms with E-state index in [2.05, 4.69) is 0 Å². The molecule has 0 amide bonds. The summed E-state index contributed by atoms with van der Waals surface area (Å²) >= 11 is 0. The largest absolute Gasteiger partial charge is 0.396 e. The van der Waals surface area contributed by atoms with Crippen molar-refractivity contribution in [2.75, 3.05) is 45.3 Å². The lowest BCUT2D eigenvalue weighted by atomic mass is 10.3. The van der Waals surface area contributed by atoms with Gasteiger partial charge < -0.3 is 19.8 Å². The van der Waals surface area contributed by atoms with Gasteiger partial charge in [-0.1, -0.05) is 0 Å². The zero-order valence-corrected chi connectivity index (χ0v) is 9.93. The summed E-state index contributed by atoms with van der Waals surface area (Å²) in [7, 11) is -4.19. The molecule has 0 bridgehead atoms. The highest BCUT2D eigenvalue weighted by atomic mass is 32.2. The van der Waals surface area contributed by atoms with Crippen LogP contribution in [-0.2, 0) is 10.1 Å². The Morgan fingerprint density at radius 2 is 1.38 bits per heavy atom. The molecule has 0 aliphatic rings. The quantitative estimate of drug-likeness (QED) is 0.281. The van der Waals surface area contributed by atoms with E-state index < -0.39 is 16.0 Å². The van der Waals surface area contributed by atoms with Crippen molar-refractivity contribution in [1.29, 1.82) is 0 Å². The molecule has 4 N–H and O–H groups in total. The second-order valence-electron chi connectivity index (χ2n) is 3.75. The van der Waals surface area contributed by atoms with E-state index in [9.17, 15) is 8.42 Å². The molecule has 8 heteroatoms. The van der Waals surface area contributed by atoms with E-state index in [1.54, 1.807) is 0 Å². The van der Waals surface area contributed by atoms with E-state index in [1.807, 2.05) is 0 Å². The first-order chi connectivity index (χ1) is 7.39. The third-order valence-corrected chi connectivity index (χ3v) is 3.25. The second-order valence-corrected chi connectivity index (χ2v) is 5.17. The van der Waals surface area contributed by atoms with Crippen LogP contribution in [0.2, 0.25) is 0 Å². The molecular weight excluding hydrogens is 238 g/mol. The molecule has 0 aliphatic heterocycles. The summed E-state index contributed by atoms with van der Waals surface area (Å²) in [6, 6.07) is 0. The van der Waals surface area contributed by atoms with Crippen molar-refractivity contribution in [3.63, 3.8) is 0 Å². The molecule has 0 radical (unpaired) electrons. The lowest BCUT2D eigenvalue weighted by Crippen LogP contribution is -2.55. The zero-order valence-electron chi connectivity index (χ0n) is 9.12. The van der Waals surface area contributed by atoms with Crippen molar-refractivity contribution in [2.45, 2.75) is 6.42 Å². The van der Waals surface area contributed by atoms with Gasteiger partial charge in [0.25, 0.3) is 0 Å². The lowest BCUT2D eigenvalue weighted by molar-refractivity contribution is -0.918. The fourth-order valence-electron chi connectivity index (χ4n) is 1.71. The molecule has 0 saturated carbocycles. The van der Waals surface area contributed by atoms with Gasteiger partial charge in [-0.15, -0.1) is 0 Å². The highest BCUT2D eigenvalue weighted by Crippen LogP contribution is 2.10. The first kappa shape index (κ1) is 15.8. The Balaban J connectivity index is 4.76. The summed E-state index contributed by atoms with van der Waals surface area (Å²) in [5.74, 6) is -0.561. The van der Waals surface area contributed by atoms with Gasteiger partial charge in [-0.05, 0) is 0 Å². The van der Waals surface area contributed by atoms with Crippen molar-refractivity contribution in [2.24, 2.45) is 0 Å². The maximum atomic E-state index is 10.9.